The summed E-state index contributed by atoms with van der Waals surface area (Å²) in [5.74, 6) is 0.0419. The quantitative estimate of drug-likeness (QED) is 0.671. The van der Waals surface area contributed by atoms with Gasteiger partial charge in [-0.15, -0.1) is 0 Å². The molecule has 0 saturated carbocycles. The molecular formula is C20H19N3O4. The second-order valence-corrected chi connectivity index (χ2v) is 5.96. The Kier molecular flexibility index (Phi) is 5.61. The standard InChI is InChI=1S/C20H19N3O4/c1-13-6-5-7-14(12-13)19-22-20(27-23-19)15-8-3-4-9-16(15)21-17(24)10-11-18(25)26-2/h3-9,12H,10-11H2,1-2H3,(H,21,24). The van der Waals surface area contributed by atoms with Crippen LogP contribution in [0.4, 0.5) is 5.69 Å². The van der Waals surface area contributed by atoms with Crippen molar-refractivity contribution in [1.82, 2.24) is 10.1 Å². The molecule has 1 aromatic heterocycles. The van der Waals surface area contributed by atoms with E-state index in [1.165, 1.54) is 7.11 Å². The fourth-order valence-corrected chi connectivity index (χ4v) is 2.54. The molecule has 27 heavy (non-hydrogen) atoms. The number of benzene rings is 2. The number of hydrogen-bond donors (Lipinski definition) is 1. The summed E-state index contributed by atoms with van der Waals surface area (Å²) >= 11 is 0. The second kappa shape index (κ2) is 8.27. The molecule has 1 heterocycles. The number of rotatable bonds is 6. The first-order valence-corrected chi connectivity index (χ1v) is 8.43. The summed E-state index contributed by atoms with van der Waals surface area (Å²) in [6.45, 7) is 1.99. The molecule has 7 heteroatoms. The van der Waals surface area contributed by atoms with E-state index in [1.807, 2.05) is 37.3 Å². The third kappa shape index (κ3) is 4.58. The van der Waals surface area contributed by atoms with E-state index in [0.717, 1.165) is 11.1 Å². The Labute approximate surface area is 156 Å². The Hall–Kier alpha value is -3.48. The summed E-state index contributed by atoms with van der Waals surface area (Å²) in [7, 11) is 1.29. The van der Waals surface area contributed by atoms with E-state index >= 15 is 0 Å². The summed E-state index contributed by atoms with van der Waals surface area (Å²) in [4.78, 5) is 27.7. The molecule has 0 spiro atoms. The maximum Gasteiger partial charge on any atom is 0.306 e. The molecule has 3 rings (SSSR count). The molecule has 0 saturated heterocycles. The van der Waals surface area contributed by atoms with E-state index in [0.29, 0.717) is 23.0 Å². The third-order valence-corrected chi connectivity index (χ3v) is 3.92. The van der Waals surface area contributed by atoms with E-state index in [1.54, 1.807) is 18.2 Å². The Balaban J connectivity index is 1.80. The van der Waals surface area contributed by atoms with Gasteiger partial charge < -0.3 is 14.6 Å². The lowest BCUT2D eigenvalue weighted by Gasteiger charge is -2.08. The van der Waals surface area contributed by atoms with Gasteiger partial charge >= 0.3 is 5.97 Å². The number of anilines is 1. The average Bonchev–Trinajstić information content (AvgIpc) is 3.16. The fraction of sp³-hybridized carbons (Fsp3) is 0.200. The summed E-state index contributed by atoms with van der Waals surface area (Å²) in [6, 6.07) is 14.9. The predicted octanol–water partition coefficient (Wildman–Crippen LogP) is 3.60. The molecule has 0 bridgehead atoms. The van der Waals surface area contributed by atoms with Crippen LogP contribution in [-0.2, 0) is 14.3 Å². The highest BCUT2D eigenvalue weighted by atomic mass is 16.5. The number of nitrogens with one attached hydrogen (secondary N) is 1. The number of carbonyl (C=O) groups excluding carboxylic acids is 2. The van der Waals surface area contributed by atoms with Gasteiger partial charge in [0.1, 0.15) is 0 Å². The van der Waals surface area contributed by atoms with Gasteiger partial charge in [-0.05, 0) is 25.1 Å². The predicted molar refractivity (Wildman–Crippen MR) is 99.8 cm³/mol. The van der Waals surface area contributed by atoms with Crippen LogP contribution in [0.2, 0.25) is 0 Å². The fourth-order valence-electron chi connectivity index (χ4n) is 2.54. The first-order chi connectivity index (χ1) is 13.1. The van der Waals surface area contributed by atoms with Crippen LogP contribution in [-0.4, -0.2) is 29.1 Å². The van der Waals surface area contributed by atoms with Crippen LogP contribution >= 0.6 is 0 Å². The SMILES string of the molecule is COC(=O)CCC(=O)Nc1ccccc1-c1nc(-c2cccc(C)c2)no1. The van der Waals surface area contributed by atoms with Gasteiger partial charge in [0.15, 0.2) is 0 Å². The molecule has 0 fully saturated rings. The maximum atomic E-state index is 12.1. The van der Waals surface area contributed by atoms with Gasteiger partial charge in [-0.2, -0.15) is 4.98 Å². The molecule has 0 aliphatic carbocycles. The molecular weight excluding hydrogens is 346 g/mol. The van der Waals surface area contributed by atoms with Crippen molar-refractivity contribution in [2.45, 2.75) is 19.8 Å². The van der Waals surface area contributed by atoms with Gasteiger partial charge in [0.2, 0.25) is 11.7 Å². The van der Waals surface area contributed by atoms with Gasteiger partial charge in [0, 0.05) is 12.0 Å². The Morgan fingerprint density at radius 3 is 2.70 bits per heavy atom. The third-order valence-electron chi connectivity index (χ3n) is 3.92. The summed E-state index contributed by atoms with van der Waals surface area (Å²) in [6.07, 6.45) is 0.0436. The van der Waals surface area contributed by atoms with Crippen molar-refractivity contribution in [1.29, 1.82) is 0 Å². The number of amides is 1. The van der Waals surface area contributed by atoms with Gasteiger partial charge in [-0.3, -0.25) is 9.59 Å². The van der Waals surface area contributed by atoms with Crippen LogP contribution in [0.5, 0.6) is 0 Å². The topological polar surface area (TPSA) is 94.3 Å². The van der Waals surface area contributed by atoms with Crippen molar-refractivity contribution >= 4 is 17.6 Å². The lowest BCUT2D eigenvalue weighted by Crippen LogP contribution is -2.14. The highest BCUT2D eigenvalue weighted by Gasteiger charge is 2.16. The second-order valence-electron chi connectivity index (χ2n) is 5.96. The van der Waals surface area contributed by atoms with E-state index in [-0.39, 0.29) is 18.7 Å². The van der Waals surface area contributed by atoms with Crippen molar-refractivity contribution in [3.8, 4) is 22.8 Å². The summed E-state index contributed by atoms with van der Waals surface area (Å²) in [5.41, 5.74) is 3.09. The normalized spacial score (nSPS) is 10.4. The van der Waals surface area contributed by atoms with Crippen molar-refractivity contribution in [3.05, 3.63) is 54.1 Å². The van der Waals surface area contributed by atoms with Crippen LogP contribution < -0.4 is 5.32 Å². The molecule has 138 valence electrons. The van der Waals surface area contributed by atoms with Crippen LogP contribution in [0.3, 0.4) is 0 Å². The number of para-hydroxylation sites is 1. The van der Waals surface area contributed by atoms with E-state index in [9.17, 15) is 9.59 Å². The molecule has 1 N–H and O–H groups in total. The van der Waals surface area contributed by atoms with Gasteiger partial charge in [-0.25, -0.2) is 0 Å². The van der Waals surface area contributed by atoms with Crippen molar-refractivity contribution in [2.75, 3.05) is 12.4 Å². The minimum Gasteiger partial charge on any atom is -0.469 e. The number of aryl methyl sites for hydroxylation is 1. The Bertz CT molecular complexity index is 965. The molecule has 0 radical (unpaired) electrons. The minimum atomic E-state index is -0.432. The first-order valence-electron chi connectivity index (χ1n) is 8.43. The van der Waals surface area contributed by atoms with Crippen LogP contribution in [0.15, 0.2) is 53.1 Å². The highest BCUT2D eigenvalue weighted by molar-refractivity contribution is 5.95. The molecule has 1 amide bonds. The van der Waals surface area contributed by atoms with Crippen molar-refractivity contribution < 1.29 is 18.8 Å². The lowest BCUT2D eigenvalue weighted by molar-refractivity contribution is -0.141. The van der Waals surface area contributed by atoms with Crippen LogP contribution in [0.25, 0.3) is 22.8 Å². The molecule has 2 aromatic carbocycles. The summed E-state index contributed by atoms with van der Waals surface area (Å²) in [5, 5.41) is 6.81. The molecule has 0 aliphatic rings. The van der Waals surface area contributed by atoms with Crippen molar-refractivity contribution in [2.24, 2.45) is 0 Å². The number of aromatic nitrogens is 2. The average molecular weight is 365 g/mol. The van der Waals surface area contributed by atoms with Crippen LogP contribution in [0.1, 0.15) is 18.4 Å². The van der Waals surface area contributed by atoms with Crippen LogP contribution in [0, 0.1) is 6.92 Å². The zero-order valence-electron chi connectivity index (χ0n) is 15.1. The first kappa shape index (κ1) is 18.3. The van der Waals surface area contributed by atoms with Gasteiger partial charge in [0.25, 0.3) is 5.89 Å². The van der Waals surface area contributed by atoms with E-state index in [4.69, 9.17) is 4.52 Å². The van der Waals surface area contributed by atoms with Crippen molar-refractivity contribution in [3.63, 3.8) is 0 Å². The molecule has 7 nitrogen and oxygen atoms in total. The number of methoxy groups -OCH3 is 1. The number of nitrogens with zero attached hydrogens (tertiary/aromatic N) is 2. The number of esters is 1. The Morgan fingerprint density at radius 1 is 1.11 bits per heavy atom. The minimum absolute atomic E-state index is 0.0164. The number of carbonyl (C=O) groups is 2. The zero-order valence-corrected chi connectivity index (χ0v) is 15.1. The highest BCUT2D eigenvalue weighted by Crippen LogP contribution is 2.28. The molecule has 0 unspecified atom stereocenters. The molecule has 0 aliphatic heterocycles. The summed E-state index contributed by atoms with van der Waals surface area (Å²) < 4.78 is 9.94. The smallest absolute Gasteiger partial charge is 0.306 e. The van der Waals surface area contributed by atoms with Gasteiger partial charge in [-0.1, -0.05) is 41.1 Å². The number of ether oxygens (including phenoxy) is 1. The maximum absolute atomic E-state index is 12.1. The Morgan fingerprint density at radius 2 is 1.93 bits per heavy atom. The largest absolute Gasteiger partial charge is 0.469 e. The molecule has 3 aromatic rings. The number of hydrogen-bond acceptors (Lipinski definition) is 6. The molecule has 0 atom stereocenters. The van der Waals surface area contributed by atoms with Gasteiger partial charge in [0.05, 0.1) is 24.8 Å². The monoisotopic (exact) mass is 365 g/mol. The zero-order chi connectivity index (χ0) is 19.2. The van der Waals surface area contributed by atoms with E-state index < -0.39 is 5.97 Å². The van der Waals surface area contributed by atoms with E-state index in [2.05, 4.69) is 20.2 Å². The lowest BCUT2D eigenvalue weighted by atomic mass is 10.1.